The van der Waals surface area contributed by atoms with Crippen LogP contribution in [0.25, 0.3) is 0 Å². The topological polar surface area (TPSA) is 91.4 Å². The molecule has 2 aliphatic heterocycles. The van der Waals surface area contributed by atoms with Gasteiger partial charge in [-0.15, -0.1) is 0 Å². The number of fused-ring (bicyclic) bond motifs is 3. The third-order valence-electron chi connectivity index (χ3n) is 6.33. The average Bonchev–Trinajstić information content (AvgIpc) is 2.82. The Bertz CT molecular complexity index is 558. The second-order valence-electron chi connectivity index (χ2n) is 7.18. The van der Waals surface area contributed by atoms with Crippen molar-refractivity contribution in [3.63, 3.8) is 0 Å². The second-order valence-corrected chi connectivity index (χ2v) is 7.18. The Kier molecular flexibility index (Phi) is 3.62. The summed E-state index contributed by atoms with van der Waals surface area (Å²) in [6.45, 7) is 2.67. The van der Waals surface area contributed by atoms with Crippen LogP contribution in [0, 0.1) is 11.1 Å². The molecule has 1 saturated heterocycles. The number of nitrogens with zero attached hydrogens (tertiary/aromatic N) is 3. The molecule has 0 aromatic carbocycles. The van der Waals surface area contributed by atoms with Gasteiger partial charge >= 0.3 is 0 Å². The molecule has 2 heterocycles. The van der Waals surface area contributed by atoms with Gasteiger partial charge in [-0.3, -0.25) is 0 Å². The van der Waals surface area contributed by atoms with Crippen LogP contribution < -0.4 is 0 Å². The zero-order valence-electron chi connectivity index (χ0n) is 13.4. The van der Waals surface area contributed by atoms with Crippen LogP contribution in [0.5, 0.6) is 0 Å². The van der Waals surface area contributed by atoms with E-state index in [0.717, 1.165) is 36.8 Å². The predicted molar refractivity (Wildman–Crippen MR) is 83.7 cm³/mol. The first-order chi connectivity index (χ1) is 11.2. The van der Waals surface area contributed by atoms with Crippen molar-refractivity contribution in [2.45, 2.75) is 56.2 Å². The number of hydrogen-bond acceptors (Lipinski definition) is 6. The lowest BCUT2D eigenvalue weighted by Crippen LogP contribution is -2.65. The summed E-state index contributed by atoms with van der Waals surface area (Å²) in [5.74, 6) is -0.222. The Balaban J connectivity index is 1.85. The first-order valence-electron chi connectivity index (χ1n) is 8.76. The van der Waals surface area contributed by atoms with Gasteiger partial charge in [-0.1, -0.05) is 11.6 Å². The second kappa shape index (κ2) is 5.43. The van der Waals surface area contributed by atoms with Crippen molar-refractivity contribution in [2.24, 2.45) is 11.1 Å². The van der Waals surface area contributed by atoms with E-state index in [2.05, 4.69) is 10.1 Å². The molecular weight excluding hydrogens is 298 g/mol. The van der Waals surface area contributed by atoms with Gasteiger partial charge in [-0.05, 0) is 25.7 Å². The number of hydroxylamine groups is 1. The fraction of sp³-hybridized carbons (Fsp3) is 0.875. The van der Waals surface area contributed by atoms with Crippen LogP contribution in [0.15, 0.2) is 5.16 Å². The SMILES string of the molecule is [O-][N+]1=C2CCC/C(=N/O)[C@@]2(O)[C@H]2CCCC[C@]21N1CCOCC1. The molecule has 3 fully saturated rings. The van der Waals surface area contributed by atoms with Crippen LogP contribution in [0.2, 0.25) is 0 Å². The summed E-state index contributed by atoms with van der Waals surface area (Å²) in [4.78, 5) is 2.21. The highest BCUT2D eigenvalue weighted by molar-refractivity contribution is 6.15. The zero-order valence-corrected chi connectivity index (χ0v) is 13.4. The van der Waals surface area contributed by atoms with Gasteiger partial charge in [0.1, 0.15) is 0 Å². The van der Waals surface area contributed by atoms with E-state index in [-0.39, 0.29) is 5.92 Å². The third kappa shape index (κ3) is 1.87. The van der Waals surface area contributed by atoms with Crippen molar-refractivity contribution in [1.82, 2.24) is 4.90 Å². The number of oxime groups is 1. The minimum Gasteiger partial charge on any atom is -0.622 e. The molecule has 128 valence electrons. The Labute approximate surface area is 135 Å². The van der Waals surface area contributed by atoms with Gasteiger partial charge in [0.15, 0.2) is 5.60 Å². The average molecular weight is 323 g/mol. The lowest BCUT2D eigenvalue weighted by Gasteiger charge is -2.47. The molecule has 0 amide bonds. The molecule has 4 rings (SSSR count). The highest BCUT2D eigenvalue weighted by Gasteiger charge is 2.71. The molecule has 0 aromatic rings. The molecule has 0 bridgehead atoms. The van der Waals surface area contributed by atoms with Crippen molar-refractivity contribution >= 4 is 11.4 Å². The Morgan fingerprint density at radius 3 is 2.74 bits per heavy atom. The van der Waals surface area contributed by atoms with Crippen LogP contribution in [0.1, 0.15) is 44.9 Å². The van der Waals surface area contributed by atoms with Gasteiger partial charge in [-0.2, -0.15) is 4.74 Å². The monoisotopic (exact) mass is 323 g/mol. The van der Waals surface area contributed by atoms with E-state index >= 15 is 0 Å². The summed E-state index contributed by atoms with van der Waals surface area (Å²) in [5, 5.41) is 37.7. The highest BCUT2D eigenvalue weighted by atomic mass is 16.5. The standard InChI is InChI=1S/C16H25N3O4/c20-16-12-4-1-2-7-15(12,18-8-10-23-11-9-18)19(22)14(16)6-3-5-13(16)17-21/h12,20-21H,1-11H2/b17-13-/t12-,15+,16-/m0/s1. The van der Waals surface area contributed by atoms with Crippen molar-refractivity contribution < 1.29 is 19.8 Å². The summed E-state index contributed by atoms with van der Waals surface area (Å²) in [5.41, 5.74) is -1.18. The summed E-state index contributed by atoms with van der Waals surface area (Å²) in [7, 11) is 0. The van der Waals surface area contributed by atoms with Crippen LogP contribution in [-0.2, 0) is 4.74 Å². The van der Waals surface area contributed by atoms with Crippen molar-refractivity contribution in [3.05, 3.63) is 5.21 Å². The fourth-order valence-corrected chi connectivity index (χ4v) is 5.37. The third-order valence-corrected chi connectivity index (χ3v) is 6.33. The van der Waals surface area contributed by atoms with Gasteiger partial charge < -0.3 is 20.3 Å². The zero-order chi connectivity index (χ0) is 16.1. The minimum absolute atomic E-state index is 0.222. The van der Waals surface area contributed by atoms with Crippen molar-refractivity contribution in [2.75, 3.05) is 26.3 Å². The fourth-order valence-electron chi connectivity index (χ4n) is 5.37. The lowest BCUT2D eigenvalue weighted by molar-refractivity contribution is -0.591. The highest BCUT2D eigenvalue weighted by Crippen LogP contribution is 2.52. The molecule has 4 aliphatic rings. The van der Waals surface area contributed by atoms with E-state index in [0.29, 0.717) is 50.6 Å². The smallest absolute Gasteiger partial charge is 0.235 e. The predicted octanol–water partition coefficient (Wildman–Crippen LogP) is 0.915. The number of hydrogen-bond donors (Lipinski definition) is 2. The molecule has 7 nitrogen and oxygen atoms in total. The van der Waals surface area contributed by atoms with Crippen LogP contribution >= 0.6 is 0 Å². The molecule has 2 saturated carbocycles. The summed E-state index contributed by atoms with van der Waals surface area (Å²) < 4.78 is 6.57. The van der Waals surface area contributed by atoms with E-state index in [1.54, 1.807) is 0 Å². The Morgan fingerprint density at radius 2 is 2.00 bits per heavy atom. The van der Waals surface area contributed by atoms with E-state index in [4.69, 9.17) is 4.74 Å². The van der Waals surface area contributed by atoms with Gasteiger partial charge in [0, 0.05) is 25.9 Å². The molecule has 2 N–H and O–H groups in total. The normalized spacial score (nSPS) is 43.5. The molecule has 3 atom stereocenters. The molecule has 23 heavy (non-hydrogen) atoms. The van der Waals surface area contributed by atoms with Crippen LogP contribution in [0.3, 0.4) is 0 Å². The quantitative estimate of drug-likeness (QED) is 0.324. The Morgan fingerprint density at radius 1 is 1.22 bits per heavy atom. The molecule has 7 heteroatoms. The van der Waals surface area contributed by atoms with Gasteiger partial charge in [0.05, 0.1) is 24.8 Å². The van der Waals surface area contributed by atoms with E-state index in [1.807, 2.05) is 0 Å². The summed E-state index contributed by atoms with van der Waals surface area (Å²) in [6, 6.07) is 0. The first-order valence-corrected chi connectivity index (χ1v) is 8.76. The number of ether oxygens (including phenoxy) is 1. The minimum atomic E-state index is -1.37. The Hall–Kier alpha value is -1.18. The number of aliphatic hydroxyl groups is 1. The maximum absolute atomic E-state index is 13.4. The molecule has 0 spiro atoms. The summed E-state index contributed by atoms with van der Waals surface area (Å²) >= 11 is 0. The van der Waals surface area contributed by atoms with Gasteiger partial charge in [0.25, 0.3) is 0 Å². The maximum Gasteiger partial charge on any atom is 0.235 e. The first kappa shape index (κ1) is 15.4. The molecule has 0 radical (unpaired) electrons. The molecule has 0 unspecified atom stereocenters. The number of morpholine rings is 1. The number of rotatable bonds is 1. The van der Waals surface area contributed by atoms with E-state index < -0.39 is 11.3 Å². The molecular formula is C16H25N3O4. The molecule has 0 aromatic heterocycles. The molecule has 2 aliphatic carbocycles. The maximum atomic E-state index is 13.4. The van der Waals surface area contributed by atoms with Crippen molar-refractivity contribution in [3.8, 4) is 0 Å². The van der Waals surface area contributed by atoms with Crippen LogP contribution in [-0.4, -0.2) is 68.9 Å². The summed E-state index contributed by atoms with van der Waals surface area (Å²) in [6.07, 6.45) is 5.42. The largest absolute Gasteiger partial charge is 0.622 e. The van der Waals surface area contributed by atoms with Gasteiger partial charge in [-0.25, -0.2) is 4.90 Å². The van der Waals surface area contributed by atoms with E-state index in [9.17, 15) is 15.5 Å². The lowest BCUT2D eigenvalue weighted by atomic mass is 9.65. The van der Waals surface area contributed by atoms with E-state index in [1.165, 1.54) is 0 Å². The van der Waals surface area contributed by atoms with Crippen LogP contribution in [0.4, 0.5) is 0 Å². The van der Waals surface area contributed by atoms with Gasteiger partial charge in [0.2, 0.25) is 11.4 Å². The van der Waals surface area contributed by atoms with Crippen molar-refractivity contribution in [1.29, 1.82) is 0 Å².